The van der Waals surface area contributed by atoms with Gasteiger partial charge < -0.3 is 15.4 Å². The van der Waals surface area contributed by atoms with Crippen molar-refractivity contribution in [3.8, 4) is 5.75 Å². The van der Waals surface area contributed by atoms with Gasteiger partial charge in [0.2, 0.25) is 0 Å². The maximum Gasteiger partial charge on any atom is 0.387 e. The van der Waals surface area contributed by atoms with Crippen molar-refractivity contribution < 1.29 is 13.5 Å². The van der Waals surface area contributed by atoms with Crippen LogP contribution in [0.15, 0.2) is 29.4 Å². The molecule has 8 heteroatoms. The Morgan fingerprint density at radius 1 is 1.32 bits per heavy atom. The Hall–Kier alpha value is -2.22. The van der Waals surface area contributed by atoms with Crippen molar-refractivity contribution in [1.29, 1.82) is 0 Å². The van der Waals surface area contributed by atoms with E-state index in [1.54, 1.807) is 30.5 Å². The van der Waals surface area contributed by atoms with Crippen molar-refractivity contribution in [2.24, 2.45) is 4.99 Å². The first-order valence-electron chi connectivity index (χ1n) is 7.94. The van der Waals surface area contributed by atoms with Gasteiger partial charge in [-0.15, -0.1) is 11.3 Å². The maximum atomic E-state index is 12.5. The summed E-state index contributed by atoms with van der Waals surface area (Å²) in [4.78, 5) is 9.71. The summed E-state index contributed by atoms with van der Waals surface area (Å²) in [7, 11) is 1.65. The topological polar surface area (TPSA) is 58.5 Å². The van der Waals surface area contributed by atoms with Crippen molar-refractivity contribution >= 4 is 17.3 Å². The largest absolute Gasteiger partial charge is 0.434 e. The van der Waals surface area contributed by atoms with E-state index < -0.39 is 6.61 Å². The molecule has 0 saturated heterocycles. The van der Waals surface area contributed by atoms with Gasteiger partial charge in [-0.25, -0.2) is 4.98 Å². The Bertz CT molecular complexity index is 718. The molecule has 0 amide bonds. The number of thiazole rings is 1. The van der Waals surface area contributed by atoms with Crippen LogP contribution < -0.4 is 15.4 Å². The fourth-order valence-corrected chi connectivity index (χ4v) is 3.01. The predicted molar refractivity (Wildman–Crippen MR) is 96.3 cm³/mol. The molecule has 0 saturated carbocycles. The standard InChI is InChI=1S/C17H22F2N4OS/c1-4-13-9-21-15(25-13)10-23-17(20-3)22-8-12-7-11(2)5-6-14(12)24-16(18)19/h5-7,9,16H,4,8,10H2,1-3H3,(H2,20,22,23). The molecule has 2 rings (SSSR count). The summed E-state index contributed by atoms with van der Waals surface area (Å²) in [5.74, 6) is 0.730. The third-order valence-corrected chi connectivity index (χ3v) is 4.60. The number of rotatable bonds is 7. The number of aromatic nitrogens is 1. The highest BCUT2D eigenvalue weighted by atomic mass is 32.1. The lowest BCUT2D eigenvalue weighted by Crippen LogP contribution is -2.36. The second-order valence-corrected chi connectivity index (χ2v) is 6.54. The molecule has 0 aliphatic carbocycles. The van der Waals surface area contributed by atoms with Gasteiger partial charge in [0, 0.05) is 30.2 Å². The second kappa shape index (κ2) is 9.31. The summed E-state index contributed by atoms with van der Waals surface area (Å²) >= 11 is 1.65. The number of aliphatic imine (C=N–C) groups is 1. The van der Waals surface area contributed by atoms with Gasteiger partial charge in [-0.05, 0) is 19.4 Å². The normalized spacial score (nSPS) is 11.7. The van der Waals surface area contributed by atoms with Gasteiger partial charge in [-0.3, -0.25) is 4.99 Å². The smallest absolute Gasteiger partial charge is 0.387 e. The van der Waals surface area contributed by atoms with Crippen molar-refractivity contribution in [3.63, 3.8) is 0 Å². The van der Waals surface area contributed by atoms with Crippen LogP contribution in [0, 0.1) is 6.92 Å². The molecule has 0 aliphatic rings. The first-order chi connectivity index (χ1) is 12.0. The molecule has 136 valence electrons. The van der Waals surface area contributed by atoms with Crippen molar-refractivity contribution in [2.45, 2.75) is 40.0 Å². The van der Waals surface area contributed by atoms with Crippen LogP contribution in [-0.2, 0) is 19.5 Å². The van der Waals surface area contributed by atoms with E-state index in [9.17, 15) is 8.78 Å². The van der Waals surface area contributed by atoms with Crippen LogP contribution in [0.2, 0.25) is 0 Å². The molecule has 0 spiro atoms. The van der Waals surface area contributed by atoms with E-state index >= 15 is 0 Å². The first-order valence-corrected chi connectivity index (χ1v) is 8.76. The highest BCUT2D eigenvalue weighted by Gasteiger charge is 2.10. The quantitative estimate of drug-likeness (QED) is 0.580. The maximum absolute atomic E-state index is 12.5. The highest BCUT2D eigenvalue weighted by molar-refractivity contribution is 7.11. The van der Waals surface area contributed by atoms with E-state index in [0.29, 0.717) is 24.6 Å². The summed E-state index contributed by atoms with van der Waals surface area (Å²) in [6.45, 7) is 2.01. The number of benzene rings is 1. The highest BCUT2D eigenvalue weighted by Crippen LogP contribution is 2.22. The van der Waals surface area contributed by atoms with Crippen LogP contribution in [0.25, 0.3) is 0 Å². The molecular formula is C17H22F2N4OS. The van der Waals surface area contributed by atoms with E-state index in [0.717, 1.165) is 17.0 Å². The Kier molecular flexibility index (Phi) is 7.12. The van der Waals surface area contributed by atoms with Gasteiger partial charge >= 0.3 is 6.61 Å². The average Bonchev–Trinajstić information content (AvgIpc) is 3.05. The van der Waals surface area contributed by atoms with E-state index in [1.165, 1.54) is 4.88 Å². The Labute approximate surface area is 150 Å². The number of hydrogen-bond acceptors (Lipinski definition) is 4. The molecule has 0 fully saturated rings. The van der Waals surface area contributed by atoms with E-state index in [4.69, 9.17) is 0 Å². The zero-order valence-electron chi connectivity index (χ0n) is 14.5. The molecule has 2 aromatic rings. The molecule has 0 atom stereocenters. The molecule has 1 heterocycles. The third kappa shape index (κ3) is 5.97. The minimum Gasteiger partial charge on any atom is -0.434 e. The molecule has 0 unspecified atom stereocenters. The molecule has 1 aromatic heterocycles. The number of nitrogens with zero attached hydrogens (tertiary/aromatic N) is 2. The molecule has 5 nitrogen and oxygen atoms in total. The van der Waals surface area contributed by atoms with Gasteiger partial charge in [-0.1, -0.05) is 24.6 Å². The molecule has 25 heavy (non-hydrogen) atoms. The molecular weight excluding hydrogens is 346 g/mol. The molecule has 2 N–H and O–H groups in total. The van der Waals surface area contributed by atoms with Crippen molar-refractivity contribution in [1.82, 2.24) is 15.6 Å². The number of hydrogen-bond donors (Lipinski definition) is 2. The number of ether oxygens (including phenoxy) is 1. The summed E-state index contributed by atoms with van der Waals surface area (Å²) in [6, 6.07) is 5.10. The van der Waals surface area contributed by atoms with Gasteiger partial charge in [0.1, 0.15) is 10.8 Å². The molecule has 0 radical (unpaired) electrons. The second-order valence-electron chi connectivity index (χ2n) is 5.34. The summed E-state index contributed by atoms with van der Waals surface area (Å²) < 4.78 is 29.6. The van der Waals surface area contributed by atoms with Gasteiger partial charge in [0.25, 0.3) is 0 Å². The molecule has 1 aromatic carbocycles. The van der Waals surface area contributed by atoms with Crippen molar-refractivity contribution in [3.05, 3.63) is 45.4 Å². The van der Waals surface area contributed by atoms with Gasteiger partial charge in [0.15, 0.2) is 5.96 Å². The number of halogens is 2. The minimum absolute atomic E-state index is 0.163. The third-order valence-electron chi connectivity index (χ3n) is 3.46. The Balaban J connectivity index is 1.95. The molecule has 0 bridgehead atoms. The van der Waals surface area contributed by atoms with E-state index in [2.05, 4.69) is 32.3 Å². The zero-order chi connectivity index (χ0) is 18.2. The van der Waals surface area contributed by atoms with Crippen LogP contribution in [0.1, 0.15) is 27.9 Å². The lowest BCUT2D eigenvalue weighted by atomic mass is 10.1. The lowest BCUT2D eigenvalue weighted by Gasteiger charge is -2.14. The van der Waals surface area contributed by atoms with Gasteiger partial charge in [0.05, 0.1) is 6.54 Å². The number of guanidine groups is 1. The van der Waals surface area contributed by atoms with E-state index in [-0.39, 0.29) is 5.75 Å². The number of nitrogens with one attached hydrogen (secondary N) is 2. The predicted octanol–water partition coefficient (Wildman–Crippen LogP) is 3.48. The van der Waals surface area contributed by atoms with Crippen LogP contribution in [0.4, 0.5) is 8.78 Å². The monoisotopic (exact) mass is 368 g/mol. The van der Waals surface area contributed by atoms with Gasteiger partial charge in [-0.2, -0.15) is 8.78 Å². The fourth-order valence-electron chi connectivity index (χ4n) is 2.21. The fraction of sp³-hybridized carbons (Fsp3) is 0.412. The number of aryl methyl sites for hydroxylation is 2. The lowest BCUT2D eigenvalue weighted by molar-refractivity contribution is -0.0504. The summed E-state index contributed by atoms with van der Waals surface area (Å²) in [6.07, 6.45) is 2.84. The zero-order valence-corrected chi connectivity index (χ0v) is 15.3. The van der Waals surface area contributed by atoms with Crippen LogP contribution >= 0.6 is 11.3 Å². The summed E-state index contributed by atoms with van der Waals surface area (Å²) in [5, 5.41) is 7.24. The molecule has 0 aliphatic heterocycles. The first kappa shape index (κ1) is 19.1. The van der Waals surface area contributed by atoms with Crippen LogP contribution in [0.3, 0.4) is 0 Å². The number of alkyl halides is 2. The summed E-state index contributed by atoms with van der Waals surface area (Å²) in [5.41, 5.74) is 1.61. The Morgan fingerprint density at radius 2 is 2.08 bits per heavy atom. The average molecular weight is 368 g/mol. The van der Waals surface area contributed by atoms with E-state index in [1.807, 2.05) is 19.2 Å². The van der Waals surface area contributed by atoms with Crippen molar-refractivity contribution in [2.75, 3.05) is 7.05 Å². The van der Waals surface area contributed by atoms with Crippen LogP contribution in [-0.4, -0.2) is 24.6 Å². The minimum atomic E-state index is -2.85. The SMILES string of the molecule is CCc1cnc(CNC(=NC)NCc2cc(C)ccc2OC(F)F)s1. The Morgan fingerprint density at radius 3 is 2.72 bits per heavy atom. The van der Waals surface area contributed by atoms with Crippen LogP contribution in [0.5, 0.6) is 5.75 Å².